The molecule has 5 nitrogen and oxygen atoms in total. The van der Waals surface area contributed by atoms with Crippen LogP contribution in [0.3, 0.4) is 0 Å². The Bertz CT molecular complexity index is 1560. The Morgan fingerprint density at radius 2 is 1.86 bits per heavy atom. The van der Waals surface area contributed by atoms with Crippen molar-refractivity contribution in [1.29, 1.82) is 0 Å². The fourth-order valence-electron chi connectivity index (χ4n) is 3.47. The summed E-state index contributed by atoms with van der Waals surface area (Å²) in [5, 5.41) is 2.19. The van der Waals surface area contributed by atoms with Crippen molar-refractivity contribution in [3.8, 4) is 11.6 Å². The topological polar surface area (TPSA) is 55.3 Å². The fourth-order valence-corrected chi connectivity index (χ4v) is 5.16. The molecule has 4 aromatic rings. The number of nitrogens with zero attached hydrogens (tertiary/aromatic N) is 3. The fraction of sp³-hybridized carbons (Fsp3) is 0. The second-order valence-corrected chi connectivity index (χ2v) is 10.0. The highest BCUT2D eigenvalue weighted by atomic mass is 35.5. The first-order valence-corrected chi connectivity index (χ1v) is 12.3. The molecule has 0 aliphatic carbocycles. The molecule has 1 aromatic heterocycles. The Balaban J connectivity index is 1.60. The monoisotopic (exact) mass is 561 g/mol. The predicted octanol–water partition coefficient (Wildman–Crippen LogP) is 7.93. The minimum atomic E-state index is -0.778. The SMILES string of the molecule is O=C1/C(=C/c2c(Oc3nc(Cl)ncc3F)ccc3ccccc23)SC(=S)N1c1ccc(Cl)c(Cl)c1. The van der Waals surface area contributed by atoms with E-state index in [1.807, 2.05) is 30.3 Å². The van der Waals surface area contributed by atoms with Crippen molar-refractivity contribution in [1.82, 2.24) is 9.97 Å². The van der Waals surface area contributed by atoms with Crippen molar-refractivity contribution >= 4 is 91.5 Å². The number of anilines is 1. The Morgan fingerprint density at radius 3 is 2.66 bits per heavy atom. The zero-order valence-electron chi connectivity index (χ0n) is 17.3. The third kappa shape index (κ3) is 4.72. The maximum Gasteiger partial charge on any atom is 0.270 e. The minimum absolute atomic E-state index is 0.161. The van der Waals surface area contributed by atoms with Gasteiger partial charge in [-0.3, -0.25) is 9.69 Å². The summed E-state index contributed by atoms with van der Waals surface area (Å²) in [5.74, 6) is -1.18. The summed E-state index contributed by atoms with van der Waals surface area (Å²) >= 11 is 24.6. The van der Waals surface area contributed by atoms with Crippen LogP contribution in [0.4, 0.5) is 10.1 Å². The second-order valence-electron chi connectivity index (χ2n) is 7.21. The standard InChI is InChI=1S/C24H11Cl3FN3O2S2/c25-16-7-6-13(9-17(16)26)31-22(32)20(35-24(31)34)10-15-14-4-2-1-3-12(14)5-8-19(15)33-21-18(28)11-29-23(27)30-21/h1-11H/b20-10-. The normalized spacial score (nSPS) is 14.9. The molecular weight excluding hydrogens is 552 g/mol. The van der Waals surface area contributed by atoms with E-state index in [0.717, 1.165) is 28.7 Å². The van der Waals surface area contributed by atoms with Crippen molar-refractivity contribution < 1.29 is 13.9 Å². The number of aromatic nitrogens is 2. The van der Waals surface area contributed by atoms with E-state index in [1.54, 1.807) is 30.3 Å². The molecule has 3 aromatic carbocycles. The smallest absolute Gasteiger partial charge is 0.270 e. The number of halogens is 4. The van der Waals surface area contributed by atoms with Gasteiger partial charge in [-0.25, -0.2) is 4.98 Å². The number of ether oxygens (including phenoxy) is 1. The van der Waals surface area contributed by atoms with E-state index in [0.29, 0.717) is 30.5 Å². The first-order chi connectivity index (χ1) is 16.8. The maximum atomic E-state index is 14.3. The number of fused-ring (bicyclic) bond motifs is 1. The lowest BCUT2D eigenvalue weighted by molar-refractivity contribution is -0.113. The number of hydrogen-bond acceptors (Lipinski definition) is 6. The molecule has 1 fully saturated rings. The lowest BCUT2D eigenvalue weighted by Crippen LogP contribution is -2.27. The van der Waals surface area contributed by atoms with E-state index >= 15 is 0 Å². The number of amides is 1. The first kappa shape index (κ1) is 24.0. The van der Waals surface area contributed by atoms with Crippen molar-refractivity contribution in [3.63, 3.8) is 0 Å². The van der Waals surface area contributed by atoms with Crippen LogP contribution in [0.25, 0.3) is 16.8 Å². The average Bonchev–Trinajstić information content (AvgIpc) is 3.12. The quantitative estimate of drug-likeness (QED) is 0.143. The van der Waals surface area contributed by atoms with Crippen LogP contribution in [0, 0.1) is 5.82 Å². The number of thioether (sulfide) groups is 1. The van der Waals surface area contributed by atoms with Crippen molar-refractivity contribution in [2.24, 2.45) is 0 Å². The Hall–Kier alpha value is -2.75. The molecule has 0 unspecified atom stereocenters. The summed E-state index contributed by atoms with van der Waals surface area (Å²) in [6.45, 7) is 0. The van der Waals surface area contributed by atoms with E-state index in [-0.39, 0.29) is 22.8 Å². The molecule has 0 N–H and O–H groups in total. The third-order valence-corrected chi connectivity index (χ3v) is 7.27. The number of rotatable bonds is 4. The molecule has 0 spiro atoms. The van der Waals surface area contributed by atoms with Gasteiger partial charge in [-0.15, -0.1) is 0 Å². The van der Waals surface area contributed by atoms with Crippen LogP contribution < -0.4 is 9.64 Å². The number of thiocarbonyl (C=S) groups is 1. The summed E-state index contributed by atoms with van der Waals surface area (Å²) in [4.78, 5) is 22.5. The molecule has 11 heteroatoms. The highest BCUT2D eigenvalue weighted by Gasteiger charge is 2.34. The molecule has 5 rings (SSSR count). The van der Waals surface area contributed by atoms with Crippen LogP contribution in [0.15, 0.2) is 65.7 Å². The molecular formula is C24H11Cl3FN3O2S2. The van der Waals surface area contributed by atoms with Crippen LogP contribution in [0.5, 0.6) is 11.6 Å². The van der Waals surface area contributed by atoms with E-state index in [4.69, 9.17) is 51.8 Å². The number of benzene rings is 3. The summed E-state index contributed by atoms with van der Waals surface area (Å²) in [5.41, 5.74) is 1.05. The molecule has 0 atom stereocenters. The van der Waals surface area contributed by atoms with Gasteiger partial charge in [0, 0.05) is 5.56 Å². The van der Waals surface area contributed by atoms with Gasteiger partial charge in [0.2, 0.25) is 11.1 Å². The van der Waals surface area contributed by atoms with Gasteiger partial charge in [-0.05, 0) is 52.7 Å². The average molecular weight is 563 g/mol. The summed E-state index contributed by atoms with van der Waals surface area (Å²) in [7, 11) is 0. The van der Waals surface area contributed by atoms with Crippen LogP contribution in [0.2, 0.25) is 15.3 Å². The van der Waals surface area contributed by atoms with Gasteiger partial charge >= 0.3 is 0 Å². The van der Waals surface area contributed by atoms with Crippen LogP contribution in [-0.4, -0.2) is 20.2 Å². The maximum absolute atomic E-state index is 14.3. The van der Waals surface area contributed by atoms with Gasteiger partial charge in [0.05, 0.1) is 26.8 Å². The Morgan fingerprint density at radius 1 is 1.06 bits per heavy atom. The van der Waals surface area contributed by atoms with Crippen molar-refractivity contribution in [2.75, 3.05) is 4.90 Å². The summed E-state index contributed by atoms with van der Waals surface area (Å²) in [6, 6.07) is 15.9. The highest BCUT2D eigenvalue weighted by molar-refractivity contribution is 8.27. The van der Waals surface area contributed by atoms with Gasteiger partial charge in [0.1, 0.15) is 5.75 Å². The van der Waals surface area contributed by atoms with E-state index in [2.05, 4.69) is 9.97 Å². The van der Waals surface area contributed by atoms with Gasteiger partial charge < -0.3 is 4.74 Å². The summed E-state index contributed by atoms with van der Waals surface area (Å²) in [6.07, 6.45) is 2.59. The van der Waals surface area contributed by atoms with E-state index < -0.39 is 5.82 Å². The molecule has 0 bridgehead atoms. The molecule has 2 heterocycles. The predicted molar refractivity (Wildman–Crippen MR) is 143 cm³/mol. The Kier molecular flexibility index (Phi) is 6.65. The zero-order valence-corrected chi connectivity index (χ0v) is 21.2. The number of carbonyl (C=O) groups excluding carboxylic acids is 1. The van der Waals surface area contributed by atoms with Gasteiger partial charge in [-0.2, -0.15) is 9.37 Å². The molecule has 0 radical (unpaired) electrons. The second kappa shape index (κ2) is 9.72. The lowest BCUT2D eigenvalue weighted by atomic mass is 10.0. The van der Waals surface area contributed by atoms with E-state index in [1.165, 1.54) is 4.90 Å². The van der Waals surface area contributed by atoms with Crippen LogP contribution in [0.1, 0.15) is 5.56 Å². The molecule has 0 saturated carbocycles. The molecule has 1 amide bonds. The molecule has 1 aliphatic heterocycles. The molecule has 35 heavy (non-hydrogen) atoms. The van der Waals surface area contributed by atoms with Gasteiger partial charge in [0.25, 0.3) is 11.8 Å². The highest BCUT2D eigenvalue weighted by Crippen LogP contribution is 2.41. The lowest BCUT2D eigenvalue weighted by Gasteiger charge is -2.15. The number of hydrogen-bond donors (Lipinski definition) is 0. The molecule has 174 valence electrons. The van der Waals surface area contributed by atoms with Gasteiger partial charge in [-0.1, -0.05) is 77.5 Å². The third-order valence-electron chi connectivity index (χ3n) is 5.05. The Labute approximate surface area is 223 Å². The zero-order chi connectivity index (χ0) is 24.7. The molecule has 1 aliphatic rings. The van der Waals surface area contributed by atoms with Gasteiger partial charge in [0.15, 0.2) is 4.32 Å². The van der Waals surface area contributed by atoms with E-state index in [9.17, 15) is 9.18 Å². The summed E-state index contributed by atoms with van der Waals surface area (Å²) < 4.78 is 20.4. The number of carbonyl (C=O) groups is 1. The largest absolute Gasteiger partial charge is 0.436 e. The first-order valence-electron chi connectivity index (χ1n) is 9.92. The minimum Gasteiger partial charge on any atom is -0.436 e. The van der Waals surface area contributed by atoms with Crippen LogP contribution >= 0.6 is 58.8 Å². The van der Waals surface area contributed by atoms with Crippen molar-refractivity contribution in [2.45, 2.75) is 0 Å². The van der Waals surface area contributed by atoms with Crippen LogP contribution in [-0.2, 0) is 4.79 Å². The molecule has 1 saturated heterocycles. The van der Waals surface area contributed by atoms with Crippen molar-refractivity contribution in [3.05, 3.63) is 92.4 Å².